The van der Waals surface area contributed by atoms with E-state index in [1.165, 1.54) is 0 Å². The highest BCUT2D eigenvalue weighted by atomic mass is 16.6. The van der Waals surface area contributed by atoms with Crippen LogP contribution >= 0.6 is 0 Å². The lowest BCUT2D eigenvalue weighted by Crippen LogP contribution is -2.17. The second-order valence-corrected chi connectivity index (χ2v) is 4.09. The summed E-state index contributed by atoms with van der Waals surface area (Å²) in [5.74, 6) is -0.357. The minimum absolute atomic E-state index is 0.149. The molecule has 0 saturated heterocycles. The average Bonchev–Trinajstić information content (AvgIpc) is 2.71. The molecule has 4 nitrogen and oxygen atoms in total. The molecule has 0 radical (unpaired) electrons. The van der Waals surface area contributed by atoms with Gasteiger partial charge in [0.15, 0.2) is 0 Å². The molecule has 90 valence electrons. The zero-order valence-electron chi connectivity index (χ0n) is 9.86. The van der Waals surface area contributed by atoms with Crippen LogP contribution in [0.5, 0.6) is 5.75 Å². The van der Waals surface area contributed by atoms with Gasteiger partial charge >= 0.3 is 11.9 Å². The first-order valence-electron chi connectivity index (χ1n) is 5.64. The van der Waals surface area contributed by atoms with Gasteiger partial charge in [-0.25, -0.2) is 4.79 Å². The van der Waals surface area contributed by atoms with E-state index in [0.717, 1.165) is 6.42 Å². The van der Waals surface area contributed by atoms with E-state index in [0.29, 0.717) is 16.9 Å². The predicted octanol–water partition coefficient (Wildman–Crippen LogP) is 2.31. The molecule has 1 unspecified atom stereocenters. The van der Waals surface area contributed by atoms with Gasteiger partial charge in [0.25, 0.3) is 0 Å². The molecule has 1 aromatic rings. The van der Waals surface area contributed by atoms with Crippen LogP contribution in [0.2, 0.25) is 0 Å². The summed E-state index contributed by atoms with van der Waals surface area (Å²) in [6.07, 6.45) is 0.725. The van der Waals surface area contributed by atoms with Crippen LogP contribution in [0, 0.1) is 5.92 Å². The molecule has 1 atom stereocenters. The molecule has 1 heterocycles. The van der Waals surface area contributed by atoms with Crippen molar-refractivity contribution >= 4 is 11.9 Å². The Morgan fingerprint density at radius 1 is 1.53 bits per heavy atom. The molecule has 0 saturated carbocycles. The third-order valence-electron chi connectivity index (χ3n) is 2.93. The summed E-state index contributed by atoms with van der Waals surface area (Å²) < 4.78 is 10.2. The monoisotopic (exact) mass is 234 g/mol. The van der Waals surface area contributed by atoms with Crippen LogP contribution in [0.3, 0.4) is 0 Å². The first-order valence-corrected chi connectivity index (χ1v) is 5.64. The van der Waals surface area contributed by atoms with E-state index in [9.17, 15) is 9.59 Å². The number of carbonyl (C=O) groups excluding carboxylic acids is 2. The molecule has 0 spiro atoms. The van der Waals surface area contributed by atoms with E-state index in [1.54, 1.807) is 18.2 Å². The van der Waals surface area contributed by atoms with Crippen LogP contribution in [0.4, 0.5) is 0 Å². The van der Waals surface area contributed by atoms with Gasteiger partial charge in [-0.05, 0) is 18.6 Å². The van der Waals surface area contributed by atoms with E-state index >= 15 is 0 Å². The zero-order chi connectivity index (χ0) is 12.4. The van der Waals surface area contributed by atoms with Crippen LogP contribution in [0.25, 0.3) is 0 Å². The molecule has 0 N–H and O–H groups in total. The smallest absolute Gasteiger partial charge is 0.339 e. The van der Waals surface area contributed by atoms with E-state index in [-0.39, 0.29) is 24.5 Å². The molecule has 0 fully saturated rings. The fourth-order valence-electron chi connectivity index (χ4n) is 1.59. The Bertz CT molecular complexity index is 464. The van der Waals surface area contributed by atoms with E-state index in [1.807, 2.05) is 13.8 Å². The SMILES string of the molecule is CCC(C)C(=O)Oc1cccc2c1COC2=O. The maximum Gasteiger partial charge on any atom is 0.339 e. The number of esters is 2. The van der Waals surface area contributed by atoms with Gasteiger partial charge in [0.1, 0.15) is 12.4 Å². The van der Waals surface area contributed by atoms with Crippen molar-refractivity contribution in [2.24, 2.45) is 5.92 Å². The second kappa shape index (κ2) is 4.57. The molecule has 17 heavy (non-hydrogen) atoms. The average molecular weight is 234 g/mol. The lowest BCUT2D eigenvalue weighted by atomic mass is 10.1. The fourth-order valence-corrected chi connectivity index (χ4v) is 1.59. The van der Waals surface area contributed by atoms with Crippen molar-refractivity contribution in [3.05, 3.63) is 29.3 Å². The summed E-state index contributed by atoms with van der Waals surface area (Å²) >= 11 is 0. The van der Waals surface area contributed by atoms with Crippen LogP contribution in [0.15, 0.2) is 18.2 Å². The summed E-state index contributed by atoms with van der Waals surface area (Å²) in [5.41, 5.74) is 1.15. The number of hydrogen-bond acceptors (Lipinski definition) is 4. The maximum atomic E-state index is 11.7. The predicted molar refractivity (Wildman–Crippen MR) is 60.7 cm³/mol. The molecule has 2 rings (SSSR count). The van der Waals surface area contributed by atoms with Crippen molar-refractivity contribution in [2.45, 2.75) is 26.9 Å². The molecule has 1 aliphatic rings. The molecular formula is C13H14O4. The van der Waals surface area contributed by atoms with Crippen molar-refractivity contribution in [2.75, 3.05) is 0 Å². The van der Waals surface area contributed by atoms with Gasteiger partial charge in [0, 0.05) is 5.56 Å². The molecule has 1 aliphatic heterocycles. The largest absolute Gasteiger partial charge is 0.457 e. The minimum Gasteiger partial charge on any atom is -0.457 e. The lowest BCUT2D eigenvalue weighted by Gasteiger charge is -2.10. The van der Waals surface area contributed by atoms with Gasteiger partial charge in [-0.3, -0.25) is 4.79 Å². The first-order chi connectivity index (χ1) is 8.13. The quantitative estimate of drug-likeness (QED) is 0.595. The third-order valence-corrected chi connectivity index (χ3v) is 2.93. The van der Waals surface area contributed by atoms with Crippen LogP contribution in [-0.2, 0) is 16.1 Å². The fraction of sp³-hybridized carbons (Fsp3) is 0.385. The molecule has 0 aromatic heterocycles. The van der Waals surface area contributed by atoms with Gasteiger partial charge in [-0.2, -0.15) is 0 Å². The molecule has 0 bridgehead atoms. The summed E-state index contributed by atoms with van der Waals surface area (Å²) in [6, 6.07) is 5.04. The van der Waals surface area contributed by atoms with Gasteiger partial charge in [-0.1, -0.05) is 19.9 Å². The standard InChI is InChI=1S/C13H14O4/c1-3-8(2)12(14)17-11-6-4-5-9-10(11)7-16-13(9)15/h4-6,8H,3,7H2,1-2H3. The summed E-state index contributed by atoms with van der Waals surface area (Å²) in [4.78, 5) is 23.0. The van der Waals surface area contributed by atoms with Gasteiger partial charge in [0.05, 0.1) is 11.5 Å². The molecule has 0 aliphatic carbocycles. The zero-order valence-corrected chi connectivity index (χ0v) is 9.86. The number of cyclic esters (lactones) is 1. The molecule has 0 amide bonds. The van der Waals surface area contributed by atoms with Crippen molar-refractivity contribution in [3.63, 3.8) is 0 Å². The van der Waals surface area contributed by atoms with Gasteiger partial charge in [-0.15, -0.1) is 0 Å². The van der Waals surface area contributed by atoms with Crippen molar-refractivity contribution < 1.29 is 19.1 Å². The van der Waals surface area contributed by atoms with E-state index in [4.69, 9.17) is 9.47 Å². The molecule has 4 heteroatoms. The van der Waals surface area contributed by atoms with Crippen LogP contribution in [0.1, 0.15) is 36.2 Å². The van der Waals surface area contributed by atoms with E-state index < -0.39 is 0 Å². The highest BCUT2D eigenvalue weighted by molar-refractivity contribution is 5.94. The topological polar surface area (TPSA) is 52.6 Å². The van der Waals surface area contributed by atoms with Crippen LogP contribution in [-0.4, -0.2) is 11.9 Å². The second-order valence-electron chi connectivity index (χ2n) is 4.09. The summed E-state index contributed by atoms with van der Waals surface area (Å²) in [7, 11) is 0. The van der Waals surface area contributed by atoms with Crippen molar-refractivity contribution in [3.8, 4) is 5.75 Å². The van der Waals surface area contributed by atoms with Gasteiger partial charge in [0.2, 0.25) is 0 Å². The highest BCUT2D eigenvalue weighted by Gasteiger charge is 2.26. The number of benzene rings is 1. The summed E-state index contributed by atoms with van der Waals surface area (Å²) in [5, 5.41) is 0. The van der Waals surface area contributed by atoms with Crippen LogP contribution < -0.4 is 4.74 Å². The lowest BCUT2D eigenvalue weighted by molar-refractivity contribution is -0.138. The number of fused-ring (bicyclic) bond motifs is 1. The number of ether oxygens (including phenoxy) is 2. The Morgan fingerprint density at radius 3 is 3.00 bits per heavy atom. The molecular weight excluding hydrogens is 220 g/mol. The Kier molecular flexibility index (Phi) is 3.13. The summed E-state index contributed by atoms with van der Waals surface area (Å²) in [6.45, 7) is 3.92. The number of rotatable bonds is 3. The Labute approximate surface area is 99.5 Å². The maximum absolute atomic E-state index is 11.7. The van der Waals surface area contributed by atoms with Crippen molar-refractivity contribution in [1.82, 2.24) is 0 Å². The van der Waals surface area contributed by atoms with E-state index in [2.05, 4.69) is 0 Å². The Morgan fingerprint density at radius 2 is 2.29 bits per heavy atom. The first kappa shape index (κ1) is 11.6. The number of hydrogen-bond donors (Lipinski definition) is 0. The Balaban J connectivity index is 2.24. The molecule has 1 aromatic carbocycles. The number of carbonyl (C=O) groups is 2. The van der Waals surface area contributed by atoms with Gasteiger partial charge < -0.3 is 9.47 Å². The third kappa shape index (κ3) is 2.16. The van der Waals surface area contributed by atoms with Crippen molar-refractivity contribution in [1.29, 1.82) is 0 Å². The normalized spacial score (nSPS) is 15.1. The minimum atomic E-state index is -0.360. The Hall–Kier alpha value is -1.84. The highest BCUT2D eigenvalue weighted by Crippen LogP contribution is 2.29.